The number of allylic oxidation sites excluding steroid dienone is 1. The summed E-state index contributed by atoms with van der Waals surface area (Å²) >= 11 is 0. The lowest BCUT2D eigenvalue weighted by Crippen LogP contribution is -2.31. The summed E-state index contributed by atoms with van der Waals surface area (Å²) in [5.41, 5.74) is 4.14. The average Bonchev–Trinajstić information content (AvgIpc) is 3.47. The maximum Gasteiger partial charge on any atom is 0.244 e. The van der Waals surface area contributed by atoms with Gasteiger partial charge in [-0.2, -0.15) is 0 Å². The summed E-state index contributed by atoms with van der Waals surface area (Å²) in [7, 11) is 3.28. The molecule has 0 unspecified atom stereocenters. The van der Waals surface area contributed by atoms with Crippen molar-refractivity contribution in [1.29, 1.82) is 0 Å². The van der Waals surface area contributed by atoms with Gasteiger partial charge in [-0.25, -0.2) is 0 Å². The molecule has 0 aliphatic heterocycles. The highest BCUT2D eigenvalue weighted by Gasteiger charge is 2.19. The van der Waals surface area contributed by atoms with Gasteiger partial charge in [-0.15, -0.1) is 0 Å². The van der Waals surface area contributed by atoms with Gasteiger partial charge in [0.1, 0.15) is 22.8 Å². The van der Waals surface area contributed by atoms with Crippen molar-refractivity contribution in [2.24, 2.45) is 0 Å². The molecule has 0 bridgehead atoms. The second kappa shape index (κ2) is 10.0. The van der Waals surface area contributed by atoms with E-state index in [-0.39, 0.29) is 11.9 Å². The molecule has 1 aliphatic rings. The van der Waals surface area contributed by atoms with Crippen molar-refractivity contribution in [3.05, 3.63) is 48.2 Å². The van der Waals surface area contributed by atoms with E-state index < -0.39 is 0 Å². The molecule has 1 fully saturated rings. The van der Waals surface area contributed by atoms with Crippen molar-refractivity contribution >= 4 is 22.4 Å². The first-order valence-corrected chi connectivity index (χ1v) is 11.4. The van der Waals surface area contributed by atoms with E-state index in [1.54, 1.807) is 26.6 Å². The van der Waals surface area contributed by atoms with Gasteiger partial charge in [0.05, 0.1) is 27.1 Å². The van der Waals surface area contributed by atoms with Crippen molar-refractivity contribution in [3.63, 3.8) is 0 Å². The van der Waals surface area contributed by atoms with Gasteiger partial charge in [0.25, 0.3) is 0 Å². The standard InChI is InChI=1S/C27H31NO5/c1-5-32-25-15-26-22(14-20(25)17(2)12-27(29)28-18-8-6-7-9-18)23(16-33-26)21-13-19(30-3)10-11-24(21)31-4/h10-16,18H,5-9H2,1-4H3,(H,28,29)/b17-12+. The van der Waals surface area contributed by atoms with Gasteiger partial charge < -0.3 is 23.9 Å². The zero-order valence-electron chi connectivity index (χ0n) is 19.7. The van der Waals surface area contributed by atoms with Crippen molar-refractivity contribution in [1.82, 2.24) is 5.32 Å². The van der Waals surface area contributed by atoms with Gasteiger partial charge in [-0.1, -0.05) is 12.8 Å². The van der Waals surface area contributed by atoms with Crippen molar-refractivity contribution in [2.45, 2.75) is 45.6 Å². The van der Waals surface area contributed by atoms with E-state index in [0.717, 1.165) is 52.0 Å². The molecule has 0 radical (unpaired) electrons. The minimum absolute atomic E-state index is 0.0659. The normalized spacial score (nSPS) is 14.5. The van der Waals surface area contributed by atoms with Crippen molar-refractivity contribution in [2.75, 3.05) is 20.8 Å². The Balaban J connectivity index is 1.77. The summed E-state index contributed by atoms with van der Waals surface area (Å²) in [6.07, 6.45) is 7.83. The van der Waals surface area contributed by atoms with Crippen molar-refractivity contribution in [3.8, 4) is 28.4 Å². The van der Waals surface area contributed by atoms with Crippen LogP contribution in [0.5, 0.6) is 17.2 Å². The molecule has 33 heavy (non-hydrogen) atoms. The predicted octanol–water partition coefficient (Wildman–Crippen LogP) is 5.98. The predicted molar refractivity (Wildman–Crippen MR) is 130 cm³/mol. The van der Waals surface area contributed by atoms with Gasteiger partial charge in [-0.3, -0.25) is 4.79 Å². The Morgan fingerprint density at radius 2 is 1.88 bits per heavy atom. The Labute approximate surface area is 194 Å². The summed E-state index contributed by atoms with van der Waals surface area (Å²) < 4.78 is 22.8. The quantitative estimate of drug-likeness (QED) is 0.429. The van der Waals surface area contributed by atoms with Crippen LogP contribution in [0.3, 0.4) is 0 Å². The number of rotatable bonds is 8. The molecule has 1 heterocycles. The number of carbonyl (C=O) groups is 1. The van der Waals surface area contributed by atoms with E-state index in [1.807, 2.05) is 44.2 Å². The van der Waals surface area contributed by atoms with Crippen LogP contribution < -0.4 is 19.5 Å². The molecular weight excluding hydrogens is 418 g/mol. The van der Waals surface area contributed by atoms with Gasteiger partial charge >= 0.3 is 0 Å². The molecule has 1 aliphatic carbocycles. The van der Waals surface area contributed by atoms with Crippen LogP contribution in [0.1, 0.15) is 45.1 Å². The topological polar surface area (TPSA) is 69.9 Å². The Kier molecular flexibility index (Phi) is 6.92. The average molecular weight is 450 g/mol. The third kappa shape index (κ3) is 4.85. The van der Waals surface area contributed by atoms with E-state index in [2.05, 4.69) is 5.32 Å². The lowest BCUT2D eigenvalue weighted by molar-refractivity contribution is -0.117. The van der Waals surface area contributed by atoms with E-state index in [0.29, 0.717) is 17.9 Å². The summed E-state index contributed by atoms with van der Waals surface area (Å²) in [6, 6.07) is 9.84. The van der Waals surface area contributed by atoms with Gasteiger partial charge in [0.15, 0.2) is 0 Å². The Morgan fingerprint density at radius 1 is 1.09 bits per heavy atom. The first-order valence-electron chi connectivity index (χ1n) is 11.4. The number of nitrogens with one attached hydrogen (secondary N) is 1. The summed E-state index contributed by atoms with van der Waals surface area (Å²) in [5, 5.41) is 4.03. The second-order valence-electron chi connectivity index (χ2n) is 8.31. The number of furan rings is 1. The zero-order valence-corrected chi connectivity index (χ0v) is 19.7. The molecule has 2 aromatic carbocycles. The number of ether oxygens (including phenoxy) is 3. The highest BCUT2D eigenvalue weighted by atomic mass is 16.5. The van der Waals surface area contributed by atoms with E-state index in [1.165, 1.54) is 12.8 Å². The molecule has 6 nitrogen and oxygen atoms in total. The molecule has 4 rings (SSSR count). The first kappa shape index (κ1) is 22.8. The molecule has 0 atom stereocenters. The molecule has 1 aromatic heterocycles. The van der Waals surface area contributed by atoms with Crippen LogP contribution in [-0.4, -0.2) is 32.8 Å². The van der Waals surface area contributed by atoms with Crippen LogP contribution in [0.2, 0.25) is 0 Å². The lowest BCUT2D eigenvalue weighted by atomic mass is 9.98. The third-order valence-electron chi connectivity index (χ3n) is 6.15. The minimum Gasteiger partial charge on any atom is -0.497 e. The summed E-state index contributed by atoms with van der Waals surface area (Å²) in [6.45, 7) is 4.38. The number of fused-ring (bicyclic) bond motifs is 1. The molecular formula is C27H31NO5. The second-order valence-corrected chi connectivity index (χ2v) is 8.31. The Hall–Kier alpha value is -3.41. The molecule has 6 heteroatoms. The van der Waals surface area contributed by atoms with Crippen LogP contribution in [0.15, 0.2) is 47.1 Å². The van der Waals surface area contributed by atoms with Crippen molar-refractivity contribution < 1.29 is 23.4 Å². The fraction of sp³-hybridized carbons (Fsp3) is 0.370. The Morgan fingerprint density at radius 3 is 2.58 bits per heavy atom. The maximum atomic E-state index is 12.6. The smallest absolute Gasteiger partial charge is 0.244 e. The van der Waals surface area contributed by atoms with Crippen LogP contribution in [-0.2, 0) is 4.79 Å². The van der Waals surface area contributed by atoms with Gasteiger partial charge in [-0.05, 0) is 56.5 Å². The largest absolute Gasteiger partial charge is 0.497 e. The van der Waals surface area contributed by atoms with E-state index in [4.69, 9.17) is 18.6 Å². The monoisotopic (exact) mass is 449 g/mol. The molecule has 0 spiro atoms. The summed E-state index contributed by atoms with van der Waals surface area (Å²) in [5.74, 6) is 2.07. The Bertz CT molecular complexity index is 1170. The highest BCUT2D eigenvalue weighted by Crippen LogP contribution is 2.41. The van der Waals surface area contributed by atoms with E-state index >= 15 is 0 Å². The first-order chi connectivity index (χ1) is 16.0. The van der Waals surface area contributed by atoms with Gasteiger partial charge in [0, 0.05) is 40.3 Å². The number of amides is 1. The van der Waals surface area contributed by atoms with Crippen LogP contribution in [0.25, 0.3) is 27.7 Å². The molecule has 3 aromatic rings. The zero-order chi connectivity index (χ0) is 23.4. The number of benzene rings is 2. The molecule has 0 saturated heterocycles. The summed E-state index contributed by atoms with van der Waals surface area (Å²) in [4.78, 5) is 12.6. The number of methoxy groups -OCH3 is 2. The number of carbonyl (C=O) groups excluding carboxylic acids is 1. The highest BCUT2D eigenvalue weighted by molar-refractivity contribution is 6.01. The minimum atomic E-state index is -0.0659. The lowest BCUT2D eigenvalue weighted by Gasteiger charge is -2.14. The van der Waals surface area contributed by atoms with Crippen LogP contribution in [0, 0.1) is 0 Å². The number of hydrogen-bond acceptors (Lipinski definition) is 5. The SMILES string of the molecule is CCOc1cc2occ(-c3cc(OC)ccc3OC)c2cc1/C(C)=C/C(=O)NC1CCCC1. The third-order valence-corrected chi connectivity index (χ3v) is 6.15. The fourth-order valence-electron chi connectivity index (χ4n) is 4.46. The van der Waals surface area contributed by atoms with Crippen LogP contribution >= 0.6 is 0 Å². The van der Waals surface area contributed by atoms with Crippen LogP contribution in [0.4, 0.5) is 0 Å². The molecule has 1 N–H and O–H groups in total. The van der Waals surface area contributed by atoms with E-state index in [9.17, 15) is 4.79 Å². The number of hydrogen-bond donors (Lipinski definition) is 1. The molecule has 174 valence electrons. The fourth-order valence-corrected chi connectivity index (χ4v) is 4.46. The maximum absolute atomic E-state index is 12.6. The van der Waals surface area contributed by atoms with Gasteiger partial charge in [0.2, 0.25) is 5.91 Å². The molecule has 1 amide bonds. The molecule has 1 saturated carbocycles.